The number of quaternary nitrogens is 1. The number of carbonyl (C=O) groups is 3. The number of nitrogens with zero attached hydrogens (tertiary/aromatic N) is 1. The second-order valence-electron chi connectivity index (χ2n) is 23.1. The van der Waals surface area contributed by atoms with Crippen LogP contribution in [0.25, 0.3) is 0 Å². The van der Waals surface area contributed by atoms with Crippen LogP contribution in [0.4, 0.5) is 0 Å². The lowest BCUT2D eigenvalue weighted by Crippen LogP contribution is -2.40. The number of allylic oxidation sites excluding steroid dienone is 16. The minimum atomic E-state index is -1.51. The number of carboxylic acids is 1. The number of carboxylic acid groups (broad SMARTS) is 1. The zero-order valence-corrected chi connectivity index (χ0v) is 52.5. The molecule has 0 aromatic carbocycles. The first-order valence-electron chi connectivity index (χ1n) is 32.9. The van der Waals surface area contributed by atoms with Gasteiger partial charge in [0.1, 0.15) is 13.2 Å². The first kappa shape index (κ1) is 76.2. The van der Waals surface area contributed by atoms with Gasteiger partial charge in [-0.15, -0.1) is 0 Å². The lowest BCUT2D eigenvalue weighted by Gasteiger charge is -2.25. The zero-order valence-electron chi connectivity index (χ0n) is 52.5. The van der Waals surface area contributed by atoms with E-state index in [1.54, 1.807) is 0 Å². The highest BCUT2D eigenvalue weighted by molar-refractivity contribution is 5.71. The number of likely N-dealkylation sites (N-methyl/N-ethyl adjacent to an activating group) is 1. The summed E-state index contributed by atoms with van der Waals surface area (Å²) in [5, 5.41) is 9.72. The monoisotopic (exact) mass is 1120 g/mol. The molecular weight excluding hydrogens is 995 g/mol. The Hall–Kier alpha value is -3.79. The van der Waals surface area contributed by atoms with Crippen LogP contribution in [0, 0.1) is 0 Å². The van der Waals surface area contributed by atoms with Gasteiger partial charge < -0.3 is 28.5 Å². The molecule has 0 aromatic rings. The van der Waals surface area contributed by atoms with Crippen molar-refractivity contribution in [2.75, 3.05) is 47.5 Å². The van der Waals surface area contributed by atoms with Crippen LogP contribution in [0.5, 0.6) is 0 Å². The number of ether oxygens (including phenoxy) is 4. The average molecular weight is 1120 g/mol. The van der Waals surface area contributed by atoms with E-state index in [9.17, 15) is 19.5 Å². The summed E-state index contributed by atoms with van der Waals surface area (Å²) in [5.41, 5.74) is 0. The maximum Gasteiger partial charge on any atom is 0.361 e. The number of hydrogen-bond acceptors (Lipinski definition) is 7. The Kier molecular flexibility index (Phi) is 58.4. The first-order valence-corrected chi connectivity index (χ1v) is 32.9. The molecule has 2 unspecified atom stereocenters. The van der Waals surface area contributed by atoms with Crippen molar-refractivity contribution in [3.05, 3.63) is 97.2 Å². The van der Waals surface area contributed by atoms with Crippen molar-refractivity contribution >= 4 is 17.9 Å². The van der Waals surface area contributed by atoms with Gasteiger partial charge in [-0.25, -0.2) is 4.79 Å². The van der Waals surface area contributed by atoms with Crippen molar-refractivity contribution < 1.29 is 42.9 Å². The van der Waals surface area contributed by atoms with Gasteiger partial charge in [-0.05, 0) is 77.0 Å². The third kappa shape index (κ3) is 61.8. The molecule has 0 amide bonds. The van der Waals surface area contributed by atoms with Crippen molar-refractivity contribution in [1.29, 1.82) is 0 Å². The van der Waals surface area contributed by atoms with Gasteiger partial charge in [-0.1, -0.05) is 284 Å². The van der Waals surface area contributed by atoms with Crippen molar-refractivity contribution in [1.82, 2.24) is 0 Å². The van der Waals surface area contributed by atoms with Crippen LogP contribution in [0.3, 0.4) is 0 Å². The molecule has 0 aromatic heterocycles. The summed E-state index contributed by atoms with van der Waals surface area (Å²) in [6.45, 7) is 4.79. The van der Waals surface area contributed by atoms with Crippen LogP contribution in [-0.2, 0) is 33.3 Å². The summed E-state index contributed by atoms with van der Waals surface area (Å²) < 4.78 is 22.9. The molecule has 0 saturated heterocycles. The van der Waals surface area contributed by atoms with Crippen LogP contribution in [0.2, 0.25) is 0 Å². The maximum absolute atomic E-state index is 12.9. The predicted molar refractivity (Wildman–Crippen MR) is 341 cm³/mol. The fourth-order valence-electron chi connectivity index (χ4n) is 9.09. The van der Waals surface area contributed by atoms with Gasteiger partial charge in [0.25, 0.3) is 6.29 Å². The molecule has 2 atom stereocenters. The molecule has 0 spiro atoms. The number of hydrogen-bond donors (Lipinski definition) is 1. The largest absolute Gasteiger partial charge is 0.477 e. The molecule has 0 rings (SSSR count). The SMILES string of the molecule is CC/C=C\C/C=C\C/C=C\C/C=C\C/C=C\C/C=C\C/C=C\C/C=C\CCCCCCCCCCCCCCCCC(=O)OC(COC(=O)CCCCCCCCCCCCCCCCCC)COC(OCC[N+](C)(C)C)C(=O)O. The molecule has 9 nitrogen and oxygen atoms in total. The Balaban J connectivity index is 4.08. The van der Waals surface area contributed by atoms with Crippen molar-refractivity contribution in [2.24, 2.45) is 0 Å². The van der Waals surface area contributed by atoms with Gasteiger partial charge in [0, 0.05) is 12.8 Å². The molecule has 0 saturated carbocycles. The van der Waals surface area contributed by atoms with Gasteiger partial charge in [-0.2, -0.15) is 0 Å². The lowest BCUT2D eigenvalue weighted by molar-refractivity contribution is -0.870. The minimum absolute atomic E-state index is 0.181. The number of aliphatic carboxylic acids is 1. The Morgan fingerprint density at radius 1 is 0.388 bits per heavy atom. The highest BCUT2D eigenvalue weighted by Gasteiger charge is 2.25. The van der Waals surface area contributed by atoms with Crippen LogP contribution in [0.1, 0.15) is 277 Å². The fraction of sp³-hybridized carbons (Fsp3) is 0.732. The highest BCUT2D eigenvalue weighted by atomic mass is 16.7. The number of unbranched alkanes of at least 4 members (excludes halogenated alkanes) is 29. The van der Waals surface area contributed by atoms with Crippen LogP contribution in [0.15, 0.2) is 97.2 Å². The van der Waals surface area contributed by atoms with E-state index in [1.807, 2.05) is 21.1 Å². The van der Waals surface area contributed by atoms with Gasteiger partial charge in [-0.3, -0.25) is 9.59 Å². The van der Waals surface area contributed by atoms with E-state index in [1.165, 1.54) is 161 Å². The van der Waals surface area contributed by atoms with Gasteiger partial charge in [0.15, 0.2) is 6.10 Å². The molecule has 0 aliphatic heterocycles. The molecule has 0 fully saturated rings. The van der Waals surface area contributed by atoms with E-state index in [-0.39, 0.29) is 32.2 Å². The molecule has 0 heterocycles. The molecule has 0 aliphatic rings. The molecule has 0 bridgehead atoms. The van der Waals surface area contributed by atoms with Crippen molar-refractivity contribution in [2.45, 2.75) is 289 Å². The van der Waals surface area contributed by atoms with Crippen LogP contribution >= 0.6 is 0 Å². The molecular formula is C71H124NO8+. The molecule has 9 heteroatoms. The van der Waals surface area contributed by atoms with Gasteiger partial charge in [0.2, 0.25) is 0 Å². The van der Waals surface area contributed by atoms with E-state index < -0.39 is 24.3 Å². The number of esters is 2. The van der Waals surface area contributed by atoms with E-state index in [4.69, 9.17) is 18.9 Å². The second-order valence-corrected chi connectivity index (χ2v) is 23.1. The van der Waals surface area contributed by atoms with E-state index >= 15 is 0 Å². The molecule has 0 aliphatic carbocycles. The minimum Gasteiger partial charge on any atom is -0.477 e. The zero-order chi connectivity index (χ0) is 58.3. The summed E-state index contributed by atoms with van der Waals surface area (Å²) in [6, 6.07) is 0. The summed E-state index contributed by atoms with van der Waals surface area (Å²) in [6.07, 6.45) is 80.8. The Morgan fingerprint density at radius 2 is 0.713 bits per heavy atom. The number of carbonyl (C=O) groups excluding carboxylic acids is 2. The number of rotatable bonds is 60. The second kappa shape index (κ2) is 61.3. The lowest BCUT2D eigenvalue weighted by atomic mass is 10.0. The van der Waals surface area contributed by atoms with E-state index in [2.05, 4.69) is 111 Å². The van der Waals surface area contributed by atoms with Crippen molar-refractivity contribution in [3.8, 4) is 0 Å². The van der Waals surface area contributed by atoms with Crippen molar-refractivity contribution in [3.63, 3.8) is 0 Å². The summed E-state index contributed by atoms with van der Waals surface area (Å²) >= 11 is 0. The van der Waals surface area contributed by atoms with Gasteiger partial charge in [0.05, 0.1) is 34.4 Å². The van der Waals surface area contributed by atoms with Gasteiger partial charge >= 0.3 is 17.9 Å². The Morgan fingerprint density at radius 3 is 1.06 bits per heavy atom. The molecule has 460 valence electrons. The smallest absolute Gasteiger partial charge is 0.361 e. The predicted octanol–water partition coefficient (Wildman–Crippen LogP) is 20.1. The summed E-state index contributed by atoms with van der Waals surface area (Å²) in [4.78, 5) is 37.5. The summed E-state index contributed by atoms with van der Waals surface area (Å²) in [5.74, 6) is -2.00. The first-order chi connectivity index (χ1) is 39.1. The summed E-state index contributed by atoms with van der Waals surface area (Å²) in [7, 11) is 5.97. The molecule has 80 heavy (non-hydrogen) atoms. The quantitative estimate of drug-likeness (QED) is 0.0211. The third-order valence-corrected chi connectivity index (χ3v) is 14.1. The maximum atomic E-state index is 12.9. The standard InChI is InChI=1S/C71H123NO8/c1-6-8-10-12-14-16-18-20-22-24-25-26-27-28-29-30-31-32-33-34-35-36-37-38-39-40-41-42-43-44-45-46-48-50-52-54-56-58-60-62-69(74)80-67(66-79-71(70(75)76)77-64-63-72(3,4)5)65-78-68(73)61-59-57-55-53-51-49-47-23-21-19-17-15-13-11-9-7-2/h8,10,14,16,20,22,25-26,28-29,31-32,34-35,37-38,67,71H,6-7,9,11-13,15,17-19,21,23-24,27,30,33,36,39-66H2,1-5H3/p+1/b10-8-,16-14-,22-20-,26-25-,29-28-,32-31-,35-34-,38-37-. The van der Waals surface area contributed by atoms with E-state index in [0.717, 1.165) is 89.9 Å². The van der Waals surface area contributed by atoms with E-state index in [0.29, 0.717) is 17.4 Å². The molecule has 1 N–H and O–H groups in total. The normalized spacial score (nSPS) is 13.4. The van der Waals surface area contributed by atoms with Crippen LogP contribution in [-0.4, -0.2) is 87.4 Å². The highest BCUT2D eigenvalue weighted by Crippen LogP contribution is 2.17. The Labute approximate surface area is 492 Å². The third-order valence-electron chi connectivity index (χ3n) is 14.1. The fourth-order valence-corrected chi connectivity index (χ4v) is 9.09. The Bertz CT molecular complexity index is 1630. The topological polar surface area (TPSA) is 108 Å². The molecule has 0 radical (unpaired) electrons. The van der Waals surface area contributed by atoms with Crippen LogP contribution < -0.4 is 0 Å². The average Bonchev–Trinajstić information content (AvgIpc) is 3.43.